The molecule has 1 amide bonds. The number of rotatable bonds is 2. The van der Waals surface area contributed by atoms with Gasteiger partial charge in [-0.2, -0.15) is 0 Å². The Bertz CT molecular complexity index is 270. The normalized spacial score (nSPS) is 34.7. The summed E-state index contributed by atoms with van der Waals surface area (Å²) >= 11 is 0. The number of aliphatic hydroxyl groups excluding tert-OH is 1. The summed E-state index contributed by atoms with van der Waals surface area (Å²) in [5.41, 5.74) is 5.77. The predicted molar refractivity (Wildman–Crippen MR) is 66.3 cm³/mol. The third kappa shape index (κ3) is 2.99. The molecule has 98 valence electrons. The van der Waals surface area contributed by atoms with Crippen molar-refractivity contribution in [3.63, 3.8) is 0 Å². The van der Waals surface area contributed by atoms with E-state index in [-0.39, 0.29) is 17.9 Å². The number of likely N-dealkylation sites (tertiary alicyclic amines) is 1. The van der Waals surface area contributed by atoms with Crippen LogP contribution in [0.25, 0.3) is 0 Å². The van der Waals surface area contributed by atoms with E-state index in [0.29, 0.717) is 19.0 Å². The maximum atomic E-state index is 12.4. The highest BCUT2D eigenvalue weighted by Crippen LogP contribution is 2.31. The van der Waals surface area contributed by atoms with Crippen LogP contribution < -0.4 is 5.73 Å². The predicted octanol–water partition coefficient (Wildman–Crippen LogP) is 0.735. The quantitative estimate of drug-likeness (QED) is 0.748. The summed E-state index contributed by atoms with van der Waals surface area (Å²) in [4.78, 5) is 14.3. The van der Waals surface area contributed by atoms with Crippen molar-refractivity contribution < 1.29 is 9.90 Å². The maximum Gasteiger partial charge on any atom is 0.226 e. The lowest BCUT2D eigenvalue weighted by atomic mass is 9.78. The summed E-state index contributed by atoms with van der Waals surface area (Å²) < 4.78 is 0. The number of nitrogens with two attached hydrogens (primary N) is 1. The second kappa shape index (κ2) is 5.83. The Hall–Kier alpha value is -0.610. The van der Waals surface area contributed by atoms with Crippen molar-refractivity contribution in [1.29, 1.82) is 0 Å². The minimum Gasteiger partial charge on any atom is -0.391 e. The fourth-order valence-corrected chi connectivity index (χ4v) is 3.20. The van der Waals surface area contributed by atoms with Crippen molar-refractivity contribution >= 4 is 5.91 Å². The lowest BCUT2D eigenvalue weighted by Gasteiger charge is -2.37. The number of carbonyl (C=O) groups excluding carboxylic acids is 1. The van der Waals surface area contributed by atoms with Gasteiger partial charge in [0.1, 0.15) is 0 Å². The molecule has 1 heterocycles. The highest BCUT2D eigenvalue weighted by atomic mass is 16.3. The van der Waals surface area contributed by atoms with Gasteiger partial charge in [0, 0.05) is 19.0 Å². The maximum absolute atomic E-state index is 12.4. The Labute approximate surface area is 103 Å². The molecule has 0 aromatic carbocycles. The van der Waals surface area contributed by atoms with Crippen molar-refractivity contribution in [2.45, 2.75) is 44.6 Å². The summed E-state index contributed by atoms with van der Waals surface area (Å²) in [6.07, 6.45) is 5.84. The molecule has 3 N–H and O–H groups in total. The minimum atomic E-state index is -0.326. The van der Waals surface area contributed by atoms with Crippen LogP contribution >= 0.6 is 0 Å². The van der Waals surface area contributed by atoms with Crippen molar-refractivity contribution in [2.75, 3.05) is 19.6 Å². The molecule has 0 radical (unpaired) electrons. The first kappa shape index (κ1) is 12.8. The highest BCUT2D eigenvalue weighted by molar-refractivity contribution is 5.79. The molecule has 2 fully saturated rings. The van der Waals surface area contributed by atoms with Crippen LogP contribution in [0.15, 0.2) is 0 Å². The number of nitrogens with zero attached hydrogens (tertiary/aromatic N) is 1. The number of amides is 1. The molecule has 1 saturated carbocycles. The number of aliphatic hydroxyl groups is 1. The van der Waals surface area contributed by atoms with Gasteiger partial charge in [-0.05, 0) is 38.1 Å². The van der Waals surface area contributed by atoms with Crippen LogP contribution in [0.5, 0.6) is 0 Å². The highest BCUT2D eigenvalue weighted by Gasteiger charge is 2.34. The van der Waals surface area contributed by atoms with E-state index in [4.69, 9.17) is 5.73 Å². The van der Waals surface area contributed by atoms with Crippen molar-refractivity contribution in [3.8, 4) is 0 Å². The summed E-state index contributed by atoms with van der Waals surface area (Å²) in [7, 11) is 0. The molecule has 3 atom stereocenters. The molecular formula is C13H24N2O2. The number of piperidine rings is 1. The second-order valence-electron chi connectivity index (χ2n) is 5.47. The summed E-state index contributed by atoms with van der Waals surface area (Å²) in [5.74, 6) is 0.702. The van der Waals surface area contributed by atoms with E-state index < -0.39 is 0 Å². The van der Waals surface area contributed by atoms with Crippen LogP contribution in [-0.4, -0.2) is 41.7 Å². The Balaban J connectivity index is 1.97. The van der Waals surface area contributed by atoms with Gasteiger partial charge >= 0.3 is 0 Å². The number of hydrogen-bond donors (Lipinski definition) is 2. The Morgan fingerprint density at radius 2 is 2.00 bits per heavy atom. The SMILES string of the molecule is NCC1CCCCC1C(=O)N1CCC[C@H](O)C1. The van der Waals surface area contributed by atoms with Gasteiger partial charge in [0.15, 0.2) is 0 Å². The average Bonchev–Trinajstić information content (AvgIpc) is 2.38. The van der Waals surface area contributed by atoms with Crippen LogP contribution in [0.2, 0.25) is 0 Å². The molecular weight excluding hydrogens is 216 g/mol. The van der Waals surface area contributed by atoms with Crippen molar-refractivity contribution in [1.82, 2.24) is 4.90 Å². The lowest BCUT2D eigenvalue weighted by molar-refractivity contribution is -0.141. The van der Waals surface area contributed by atoms with E-state index >= 15 is 0 Å². The summed E-state index contributed by atoms with van der Waals surface area (Å²) in [6, 6.07) is 0. The molecule has 0 aromatic rings. The smallest absolute Gasteiger partial charge is 0.226 e. The van der Waals surface area contributed by atoms with Crippen LogP contribution in [0, 0.1) is 11.8 Å². The van der Waals surface area contributed by atoms with E-state index in [1.165, 1.54) is 6.42 Å². The topological polar surface area (TPSA) is 66.6 Å². The zero-order valence-electron chi connectivity index (χ0n) is 10.5. The molecule has 0 bridgehead atoms. The molecule has 1 saturated heterocycles. The molecule has 1 aliphatic heterocycles. The van der Waals surface area contributed by atoms with E-state index in [1.54, 1.807) is 0 Å². The van der Waals surface area contributed by atoms with Gasteiger partial charge in [0.2, 0.25) is 5.91 Å². The van der Waals surface area contributed by atoms with Gasteiger partial charge in [0.05, 0.1) is 6.10 Å². The number of carbonyl (C=O) groups is 1. The van der Waals surface area contributed by atoms with Gasteiger partial charge in [-0.25, -0.2) is 0 Å². The van der Waals surface area contributed by atoms with Gasteiger partial charge in [-0.3, -0.25) is 4.79 Å². The van der Waals surface area contributed by atoms with Gasteiger partial charge in [-0.15, -0.1) is 0 Å². The minimum absolute atomic E-state index is 0.110. The van der Waals surface area contributed by atoms with Crippen LogP contribution in [-0.2, 0) is 4.79 Å². The molecule has 2 aliphatic rings. The van der Waals surface area contributed by atoms with Crippen LogP contribution in [0.3, 0.4) is 0 Å². The molecule has 4 nitrogen and oxygen atoms in total. The molecule has 2 rings (SSSR count). The number of hydrogen-bond acceptors (Lipinski definition) is 3. The van der Waals surface area contributed by atoms with Crippen molar-refractivity contribution in [3.05, 3.63) is 0 Å². The van der Waals surface area contributed by atoms with E-state index in [9.17, 15) is 9.90 Å². The zero-order valence-corrected chi connectivity index (χ0v) is 10.5. The fraction of sp³-hybridized carbons (Fsp3) is 0.923. The Morgan fingerprint density at radius 3 is 2.71 bits per heavy atom. The van der Waals surface area contributed by atoms with Crippen LogP contribution in [0.1, 0.15) is 38.5 Å². The molecule has 0 spiro atoms. The monoisotopic (exact) mass is 240 g/mol. The van der Waals surface area contributed by atoms with Gasteiger partial charge in [0.25, 0.3) is 0 Å². The second-order valence-corrected chi connectivity index (χ2v) is 5.47. The molecule has 0 aromatic heterocycles. The molecule has 17 heavy (non-hydrogen) atoms. The van der Waals surface area contributed by atoms with Crippen molar-refractivity contribution in [2.24, 2.45) is 17.6 Å². The zero-order chi connectivity index (χ0) is 12.3. The average molecular weight is 240 g/mol. The third-order valence-electron chi connectivity index (χ3n) is 4.24. The first-order chi connectivity index (χ1) is 8.22. The van der Waals surface area contributed by atoms with E-state index in [2.05, 4.69) is 0 Å². The van der Waals surface area contributed by atoms with Gasteiger partial charge in [-0.1, -0.05) is 12.8 Å². The lowest BCUT2D eigenvalue weighted by Crippen LogP contribution is -2.47. The standard InChI is InChI=1S/C13H24N2O2/c14-8-10-4-1-2-6-12(10)13(17)15-7-3-5-11(16)9-15/h10-12,16H,1-9,14H2/t10?,11-,12?/m0/s1. The van der Waals surface area contributed by atoms with E-state index in [1.807, 2.05) is 4.90 Å². The number of β-amino-alcohol motifs (C(OH)–C–C–N with tert-alkyl or cyclic N) is 1. The molecule has 1 aliphatic carbocycles. The third-order valence-corrected chi connectivity index (χ3v) is 4.24. The van der Waals surface area contributed by atoms with Crippen LogP contribution in [0.4, 0.5) is 0 Å². The Kier molecular flexibility index (Phi) is 4.40. The summed E-state index contributed by atoms with van der Waals surface area (Å²) in [6.45, 7) is 1.95. The largest absolute Gasteiger partial charge is 0.391 e. The van der Waals surface area contributed by atoms with Gasteiger partial charge < -0.3 is 15.7 Å². The molecule has 4 heteroatoms. The Morgan fingerprint density at radius 1 is 1.24 bits per heavy atom. The first-order valence-corrected chi connectivity index (χ1v) is 6.89. The summed E-state index contributed by atoms with van der Waals surface area (Å²) in [5, 5.41) is 9.63. The fourth-order valence-electron chi connectivity index (χ4n) is 3.20. The molecule has 2 unspecified atom stereocenters. The van der Waals surface area contributed by atoms with E-state index in [0.717, 1.165) is 38.6 Å². The first-order valence-electron chi connectivity index (χ1n) is 6.89.